The van der Waals surface area contributed by atoms with Crippen LogP contribution in [0.3, 0.4) is 0 Å². The van der Waals surface area contributed by atoms with Gasteiger partial charge in [-0.15, -0.1) is 0 Å². The minimum absolute atomic E-state index is 0.196. The zero-order valence-corrected chi connectivity index (χ0v) is 9.27. The molecule has 5 heteroatoms. The van der Waals surface area contributed by atoms with Crippen molar-refractivity contribution in [2.75, 3.05) is 19.8 Å². The molecule has 0 spiro atoms. The van der Waals surface area contributed by atoms with Gasteiger partial charge in [-0.3, -0.25) is 0 Å². The van der Waals surface area contributed by atoms with Gasteiger partial charge < -0.3 is 25.3 Å². The summed E-state index contributed by atoms with van der Waals surface area (Å²) in [5.74, 6) is 1.45. The molecule has 1 aromatic heterocycles. The van der Waals surface area contributed by atoms with Crippen molar-refractivity contribution in [3.8, 4) is 11.5 Å². The van der Waals surface area contributed by atoms with Gasteiger partial charge >= 0.3 is 0 Å². The summed E-state index contributed by atoms with van der Waals surface area (Å²) in [6.45, 7) is 1.32. The maximum absolute atomic E-state index is 9.80. The number of fused-ring (bicyclic) bond motifs is 2. The van der Waals surface area contributed by atoms with Crippen LogP contribution in [0, 0.1) is 0 Å². The van der Waals surface area contributed by atoms with E-state index >= 15 is 0 Å². The van der Waals surface area contributed by atoms with Crippen LogP contribution in [0.5, 0.6) is 11.5 Å². The molecule has 0 aliphatic carbocycles. The lowest BCUT2D eigenvalue weighted by Gasteiger charge is -2.18. The highest BCUT2D eigenvalue weighted by Gasteiger charge is 2.17. The molecule has 17 heavy (non-hydrogen) atoms. The molecule has 90 valence electrons. The van der Waals surface area contributed by atoms with Gasteiger partial charge in [-0.2, -0.15) is 0 Å². The van der Waals surface area contributed by atoms with Crippen LogP contribution in [0.15, 0.2) is 18.3 Å². The smallest absolute Gasteiger partial charge is 0.163 e. The molecule has 1 aromatic carbocycles. The number of nitrogens with two attached hydrogens (primary N) is 1. The molecule has 1 atom stereocenters. The zero-order chi connectivity index (χ0) is 11.8. The first kappa shape index (κ1) is 10.4. The Morgan fingerprint density at radius 1 is 1.29 bits per heavy atom. The number of hydrogen-bond donors (Lipinski definition) is 3. The first-order valence-corrected chi connectivity index (χ1v) is 5.58. The number of rotatable bonds is 2. The number of aromatic nitrogens is 1. The van der Waals surface area contributed by atoms with Crippen molar-refractivity contribution >= 4 is 10.9 Å². The van der Waals surface area contributed by atoms with Crippen LogP contribution in [0.2, 0.25) is 0 Å². The molecular formula is C12H14N2O3. The number of nitrogens with one attached hydrogen (secondary N) is 1. The molecule has 2 heterocycles. The van der Waals surface area contributed by atoms with Crippen molar-refractivity contribution in [3.05, 3.63) is 23.9 Å². The summed E-state index contributed by atoms with van der Waals surface area (Å²) in [5.41, 5.74) is 7.18. The molecule has 1 aliphatic heterocycles. The Kier molecular flexibility index (Phi) is 2.42. The molecule has 0 bridgehead atoms. The lowest BCUT2D eigenvalue weighted by Crippen LogP contribution is -2.15. The van der Waals surface area contributed by atoms with Crippen LogP contribution >= 0.6 is 0 Å². The predicted molar refractivity (Wildman–Crippen MR) is 63.3 cm³/mol. The van der Waals surface area contributed by atoms with Gasteiger partial charge in [0.05, 0.1) is 6.10 Å². The van der Waals surface area contributed by atoms with Gasteiger partial charge in [-0.05, 0) is 6.07 Å². The van der Waals surface area contributed by atoms with Gasteiger partial charge in [0.25, 0.3) is 0 Å². The average Bonchev–Trinajstić information content (AvgIpc) is 2.78. The summed E-state index contributed by atoms with van der Waals surface area (Å²) in [5, 5.41) is 10.7. The Morgan fingerprint density at radius 2 is 2.00 bits per heavy atom. The predicted octanol–water partition coefficient (Wildman–Crippen LogP) is 0.931. The van der Waals surface area contributed by atoms with Gasteiger partial charge in [0.1, 0.15) is 13.2 Å². The molecule has 3 rings (SSSR count). The minimum Gasteiger partial charge on any atom is -0.486 e. The van der Waals surface area contributed by atoms with E-state index in [9.17, 15) is 5.11 Å². The van der Waals surface area contributed by atoms with Crippen molar-refractivity contribution in [2.24, 2.45) is 5.73 Å². The average molecular weight is 234 g/mol. The number of H-pyrrole nitrogens is 1. The second kappa shape index (κ2) is 3.94. The standard InChI is InChI=1S/C12H14N2O3/c13-5-10(15)8-6-14-9-4-12-11(3-7(8)9)16-1-2-17-12/h3-4,6,10,14-15H,1-2,5,13H2. The van der Waals surface area contributed by atoms with Crippen molar-refractivity contribution < 1.29 is 14.6 Å². The first-order chi connectivity index (χ1) is 8.29. The number of hydrogen-bond acceptors (Lipinski definition) is 4. The van der Waals surface area contributed by atoms with E-state index in [0.29, 0.717) is 19.0 Å². The second-order valence-corrected chi connectivity index (χ2v) is 4.04. The summed E-state index contributed by atoms with van der Waals surface area (Å²) >= 11 is 0. The number of aromatic amines is 1. The van der Waals surface area contributed by atoms with Gasteiger partial charge in [-0.25, -0.2) is 0 Å². The fraction of sp³-hybridized carbons (Fsp3) is 0.333. The minimum atomic E-state index is -0.661. The fourth-order valence-corrected chi connectivity index (χ4v) is 2.08. The topological polar surface area (TPSA) is 80.5 Å². The van der Waals surface area contributed by atoms with Crippen LogP contribution < -0.4 is 15.2 Å². The third kappa shape index (κ3) is 1.64. The molecule has 0 radical (unpaired) electrons. The Balaban J connectivity index is 2.15. The molecule has 0 saturated heterocycles. The molecule has 4 N–H and O–H groups in total. The number of benzene rings is 1. The fourth-order valence-electron chi connectivity index (χ4n) is 2.08. The van der Waals surface area contributed by atoms with Crippen LogP contribution in [0.1, 0.15) is 11.7 Å². The van der Waals surface area contributed by atoms with Gasteiger partial charge in [-0.1, -0.05) is 0 Å². The largest absolute Gasteiger partial charge is 0.486 e. The van der Waals surface area contributed by atoms with E-state index in [2.05, 4.69) is 4.98 Å². The highest BCUT2D eigenvalue weighted by Crippen LogP contribution is 2.36. The van der Waals surface area contributed by atoms with Crippen LogP contribution in [-0.4, -0.2) is 29.8 Å². The van der Waals surface area contributed by atoms with Gasteiger partial charge in [0.2, 0.25) is 0 Å². The van der Waals surface area contributed by atoms with Crippen molar-refractivity contribution in [1.29, 1.82) is 0 Å². The van der Waals surface area contributed by atoms with E-state index in [4.69, 9.17) is 15.2 Å². The number of aliphatic hydroxyl groups is 1. The van der Waals surface area contributed by atoms with E-state index in [1.807, 2.05) is 12.1 Å². The zero-order valence-electron chi connectivity index (χ0n) is 9.27. The SMILES string of the molecule is NCC(O)c1c[nH]c2cc3c(cc12)OCCO3. The maximum atomic E-state index is 9.80. The normalized spacial score (nSPS) is 16.1. The summed E-state index contributed by atoms with van der Waals surface area (Å²) in [4.78, 5) is 3.10. The summed E-state index contributed by atoms with van der Waals surface area (Å²) < 4.78 is 11.0. The molecule has 0 amide bonds. The second-order valence-electron chi connectivity index (χ2n) is 4.04. The summed E-state index contributed by atoms with van der Waals surface area (Å²) in [7, 11) is 0. The van der Waals surface area contributed by atoms with E-state index in [1.165, 1.54) is 0 Å². The lowest BCUT2D eigenvalue weighted by molar-refractivity contribution is 0.172. The lowest BCUT2D eigenvalue weighted by atomic mass is 10.1. The highest BCUT2D eigenvalue weighted by molar-refractivity contribution is 5.87. The van der Waals surface area contributed by atoms with Crippen molar-refractivity contribution in [3.63, 3.8) is 0 Å². The molecule has 0 fully saturated rings. The Hall–Kier alpha value is -1.72. The third-order valence-electron chi connectivity index (χ3n) is 2.96. The van der Waals surface area contributed by atoms with E-state index in [0.717, 1.165) is 22.2 Å². The number of ether oxygens (including phenoxy) is 2. The van der Waals surface area contributed by atoms with E-state index in [-0.39, 0.29) is 6.54 Å². The monoisotopic (exact) mass is 234 g/mol. The Labute approximate surface area is 98.1 Å². The van der Waals surface area contributed by atoms with E-state index in [1.54, 1.807) is 6.20 Å². The molecule has 2 aromatic rings. The van der Waals surface area contributed by atoms with Crippen molar-refractivity contribution in [1.82, 2.24) is 4.98 Å². The van der Waals surface area contributed by atoms with Crippen molar-refractivity contribution in [2.45, 2.75) is 6.10 Å². The van der Waals surface area contributed by atoms with Crippen LogP contribution in [0.4, 0.5) is 0 Å². The molecule has 1 unspecified atom stereocenters. The quantitative estimate of drug-likeness (QED) is 0.722. The molecule has 5 nitrogen and oxygen atoms in total. The van der Waals surface area contributed by atoms with Crippen LogP contribution in [-0.2, 0) is 0 Å². The summed E-state index contributed by atoms with van der Waals surface area (Å²) in [6, 6.07) is 3.77. The number of aliphatic hydroxyl groups excluding tert-OH is 1. The molecular weight excluding hydrogens is 220 g/mol. The molecule has 1 aliphatic rings. The molecule has 0 saturated carbocycles. The summed E-state index contributed by atoms with van der Waals surface area (Å²) in [6.07, 6.45) is 1.11. The van der Waals surface area contributed by atoms with Gasteiger partial charge in [0, 0.05) is 35.3 Å². The first-order valence-electron chi connectivity index (χ1n) is 5.58. The Morgan fingerprint density at radius 3 is 2.71 bits per heavy atom. The van der Waals surface area contributed by atoms with Gasteiger partial charge in [0.15, 0.2) is 11.5 Å². The third-order valence-corrected chi connectivity index (χ3v) is 2.96. The maximum Gasteiger partial charge on any atom is 0.163 e. The van der Waals surface area contributed by atoms with E-state index < -0.39 is 6.10 Å². The Bertz CT molecular complexity index is 550. The highest BCUT2D eigenvalue weighted by atomic mass is 16.6. The van der Waals surface area contributed by atoms with Crippen LogP contribution in [0.25, 0.3) is 10.9 Å².